The molecule has 0 spiro atoms. The Balaban J connectivity index is 1.75. The van der Waals surface area contributed by atoms with Crippen LogP contribution < -0.4 is 5.32 Å². The van der Waals surface area contributed by atoms with E-state index in [1.54, 1.807) is 6.07 Å². The number of hydrogen-bond donors (Lipinski definition) is 3. The van der Waals surface area contributed by atoms with Gasteiger partial charge in [-0.25, -0.2) is 0 Å². The summed E-state index contributed by atoms with van der Waals surface area (Å²) in [6, 6.07) is 15.4. The Kier molecular flexibility index (Phi) is 5.02. The Morgan fingerprint density at radius 1 is 1.00 bits per heavy atom. The van der Waals surface area contributed by atoms with E-state index in [2.05, 4.69) is 36.5 Å². The number of benzene rings is 2. The molecule has 0 aromatic heterocycles. The minimum Gasteiger partial charge on any atom is -0.504 e. The summed E-state index contributed by atoms with van der Waals surface area (Å²) in [5.41, 5.74) is 2.32. The highest BCUT2D eigenvalue weighted by atomic mass is 16.3. The highest BCUT2D eigenvalue weighted by Gasteiger charge is 2.04. The molecule has 0 aliphatic carbocycles. The van der Waals surface area contributed by atoms with Gasteiger partial charge in [0.1, 0.15) is 0 Å². The summed E-state index contributed by atoms with van der Waals surface area (Å²) in [6.45, 7) is 3.83. The highest BCUT2D eigenvalue weighted by molar-refractivity contribution is 5.40. The van der Waals surface area contributed by atoms with Crippen LogP contribution in [0.2, 0.25) is 0 Å². The second kappa shape index (κ2) is 6.96. The molecule has 0 heterocycles. The summed E-state index contributed by atoms with van der Waals surface area (Å²) < 4.78 is 0. The van der Waals surface area contributed by atoms with Crippen LogP contribution in [0.3, 0.4) is 0 Å². The van der Waals surface area contributed by atoms with Crippen molar-refractivity contribution < 1.29 is 10.2 Å². The number of rotatable bonds is 6. The van der Waals surface area contributed by atoms with Gasteiger partial charge in [0, 0.05) is 6.54 Å². The molecule has 3 heteroatoms. The normalized spacial score (nSPS) is 12.2. The van der Waals surface area contributed by atoms with E-state index < -0.39 is 0 Å². The second-order valence-corrected chi connectivity index (χ2v) is 5.10. The van der Waals surface area contributed by atoms with Crippen molar-refractivity contribution in [3.8, 4) is 11.5 Å². The van der Waals surface area contributed by atoms with E-state index in [4.69, 9.17) is 0 Å². The Morgan fingerprint density at radius 3 is 2.45 bits per heavy atom. The molecule has 3 nitrogen and oxygen atoms in total. The summed E-state index contributed by atoms with van der Waals surface area (Å²) >= 11 is 0. The highest BCUT2D eigenvalue weighted by Crippen LogP contribution is 2.24. The summed E-state index contributed by atoms with van der Waals surface area (Å²) in [5, 5.41) is 22.0. The van der Waals surface area contributed by atoms with Crippen molar-refractivity contribution in [3.05, 3.63) is 59.7 Å². The Bertz CT molecular complexity index is 540. The van der Waals surface area contributed by atoms with Crippen LogP contribution in [0.25, 0.3) is 0 Å². The van der Waals surface area contributed by atoms with Crippen molar-refractivity contribution in [2.45, 2.75) is 25.8 Å². The number of phenolic OH excluding ortho intramolecular Hbond substituents is 2. The van der Waals surface area contributed by atoms with Crippen molar-refractivity contribution in [1.82, 2.24) is 5.32 Å². The topological polar surface area (TPSA) is 52.5 Å². The number of phenols is 2. The van der Waals surface area contributed by atoms with Gasteiger partial charge in [-0.15, -0.1) is 0 Å². The van der Waals surface area contributed by atoms with E-state index in [9.17, 15) is 10.2 Å². The van der Waals surface area contributed by atoms with Gasteiger partial charge in [-0.2, -0.15) is 0 Å². The zero-order valence-corrected chi connectivity index (χ0v) is 11.7. The average molecular weight is 271 g/mol. The van der Waals surface area contributed by atoms with Crippen LogP contribution in [0.5, 0.6) is 11.5 Å². The van der Waals surface area contributed by atoms with Crippen LogP contribution in [-0.4, -0.2) is 16.8 Å². The monoisotopic (exact) mass is 271 g/mol. The van der Waals surface area contributed by atoms with Crippen LogP contribution in [-0.2, 0) is 6.54 Å². The zero-order chi connectivity index (χ0) is 14.4. The molecule has 0 aliphatic heterocycles. The lowest BCUT2D eigenvalue weighted by Gasteiger charge is -2.12. The van der Waals surface area contributed by atoms with E-state index in [-0.39, 0.29) is 11.5 Å². The van der Waals surface area contributed by atoms with Crippen LogP contribution in [0.15, 0.2) is 48.5 Å². The predicted molar refractivity (Wildman–Crippen MR) is 81.0 cm³/mol. The maximum absolute atomic E-state index is 9.42. The Morgan fingerprint density at radius 2 is 1.75 bits per heavy atom. The van der Waals surface area contributed by atoms with Crippen LogP contribution >= 0.6 is 0 Å². The van der Waals surface area contributed by atoms with Crippen LogP contribution in [0, 0.1) is 0 Å². The molecule has 106 valence electrons. The second-order valence-electron chi connectivity index (χ2n) is 5.10. The SMILES string of the molecule is CC(CCNCc1ccc(O)c(O)c1)c1ccccc1. The molecule has 1 unspecified atom stereocenters. The molecule has 2 aromatic carbocycles. The van der Waals surface area contributed by atoms with Crippen molar-refractivity contribution in [2.24, 2.45) is 0 Å². The lowest BCUT2D eigenvalue weighted by Crippen LogP contribution is -2.16. The first-order chi connectivity index (χ1) is 9.66. The summed E-state index contributed by atoms with van der Waals surface area (Å²) in [5.74, 6) is 0.380. The fraction of sp³-hybridized carbons (Fsp3) is 0.294. The minimum absolute atomic E-state index is 0.0676. The van der Waals surface area contributed by atoms with Gasteiger partial charge < -0.3 is 15.5 Å². The Hall–Kier alpha value is -2.00. The molecule has 1 atom stereocenters. The molecular formula is C17H21NO2. The smallest absolute Gasteiger partial charge is 0.157 e. The summed E-state index contributed by atoms with van der Waals surface area (Å²) in [6.07, 6.45) is 1.06. The third-order valence-corrected chi connectivity index (χ3v) is 3.49. The van der Waals surface area contributed by atoms with Gasteiger partial charge in [0.15, 0.2) is 11.5 Å². The van der Waals surface area contributed by atoms with E-state index in [1.165, 1.54) is 11.6 Å². The molecule has 0 bridgehead atoms. The molecule has 0 amide bonds. The molecule has 2 rings (SSSR count). The number of hydrogen-bond acceptors (Lipinski definition) is 3. The Labute approximate surface area is 119 Å². The lowest BCUT2D eigenvalue weighted by atomic mass is 9.98. The molecule has 0 radical (unpaired) electrons. The van der Waals surface area contributed by atoms with Crippen molar-refractivity contribution in [2.75, 3.05) is 6.54 Å². The fourth-order valence-electron chi connectivity index (χ4n) is 2.18. The predicted octanol–water partition coefficient (Wildman–Crippen LogP) is 3.38. The van der Waals surface area contributed by atoms with Crippen LogP contribution in [0.4, 0.5) is 0 Å². The molecular weight excluding hydrogens is 250 g/mol. The number of nitrogens with one attached hydrogen (secondary N) is 1. The first-order valence-electron chi connectivity index (χ1n) is 6.93. The van der Waals surface area contributed by atoms with Gasteiger partial charge in [-0.05, 0) is 42.1 Å². The molecule has 2 aromatic rings. The third kappa shape index (κ3) is 4.00. The maximum atomic E-state index is 9.42. The molecule has 0 fully saturated rings. The van der Waals surface area contributed by atoms with E-state index in [0.29, 0.717) is 12.5 Å². The van der Waals surface area contributed by atoms with Gasteiger partial charge in [0.05, 0.1) is 0 Å². The lowest BCUT2D eigenvalue weighted by molar-refractivity contribution is 0.403. The molecule has 0 saturated heterocycles. The molecule has 0 saturated carbocycles. The first kappa shape index (κ1) is 14.4. The largest absolute Gasteiger partial charge is 0.504 e. The maximum Gasteiger partial charge on any atom is 0.157 e. The molecule has 3 N–H and O–H groups in total. The van der Waals surface area contributed by atoms with E-state index >= 15 is 0 Å². The van der Waals surface area contributed by atoms with Gasteiger partial charge in [-0.3, -0.25) is 0 Å². The third-order valence-electron chi connectivity index (χ3n) is 3.49. The molecule has 0 aliphatic rings. The summed E-state index contributed by atoms with van der Waals surface area (Å²) in [4.78, 5) is 0. The van der Waals surface area contributed by atoms with E-state index in [0.717, 1.165) is 18.5 Å². The minimum atomic E-state index is -0.0774. The molecule has 20 heavy (non-hydrogen) atoms. The first-order valence-corrected chi connectivity index (χ1v) is 6.93. The van der Waals surface area contributed by atoms with Crippen LogP contribution in [0.1, 0.15) is 30.4 Å². The van der Waals surface area contributed by atoms with Crippen molar-refractivity contribution in [3.63, 3.8) is 0 Å². The number of aromatic hydroxyl groups is 2. The standard InChI is InChI=1S/C17H21NO2/c1-13(15-5-3-2-4-6-15)9-10-18-12-14-7-8-16(19)17(20)11-14/h2-8,11,13,18-20H,9-10,12H2,1H3. The van der Waals surface area contributed by atoms with Crippen molar-refractivity contribution >= 4 is 0 Å². The summed E-state index contributed by atoms with van der Waals surface area (Å²) in [7, 11) is 0. The van der Waals surface area contributed by atoms with E-state index in [1.807, 2.05) is 12.1 Å². The van der Waals surface area contributed by atoms with Gasteiger partial charge in [0.25, 0.3) is 0 Å². The van der Waals surface area contributed by atoms with Gasteiger partial charge in [0.2, 0.25) is 0 Å². The van der Waals surface area contributed by atoms with Gasteiger partial charge in [-0.1, -0.05) is 43.3 Å². The fourth-order valence-corrected chi connectivity index (χ4v) is 2.18. The average Bonchev–Trinajstić information content (AvgIpc) is 2.48. The zero-order valence-electron chi connectivity index (χ0n) is 11.7. The quantitative estimate of drug-likeness (QED) is 0.557. The van der Waals surface area contributed by atoms with Crippen molar-refractivity contribution in [1.29, 1.82) is 0 Å². The van der Waals surface area contributed by atoms with Gasteiger partial charge >= 0.3 is 0 Å².